The van der Waals surface area contributed by atoms with Gasteiger partial charge in [0.05, 0.1) is 0 Å². The van der Waals surface area contributed by atoms with E-state index in [0.29, 0.717) is 0 Å². The summed E-state index contributed by atoms with van der Waals surface area (Å²) in [5, 5.41) is 0. The third-order valence-electron chi connectivity index (χ3n) is 2.29. The third kappa shape index (κ3) is 11.7. The third-order valence-corrected chi connectivity index (χ3v) is 3.29. The van der Waals surface area contributed by atoms with Crippen LogP contribution in [0.1, 0.15) is 45.4 Å². The molecule has 1 nitrogen and oxygen atoms in total. The SMILES string of the molecule is C=CCC(C#CCCCCCC)O[Si](C)(C)C. The Bertz CT molecular complexity index is 254. The normalized spacial score (nSPS) is 12.7. The molecule has 0 aliphatic rings. The Morgan fingerprint density at radius 3 is 2.47 bits per heavy atom. The zero-order valence-corrected chi connectivity index (χ0v) is 13.0. The predicted octanol–water partition coefficient (Wildman–Crippen LogP) is 4.76. The van der Waals surface area contributed by atoms with Crippen LogP contribution in [0.4, 0.5) is 0 Å². The van der Waals surface area contributed by atoms with Gasteiger partial charge in [-0.3, -0.25) is 0 Å². The molecule has 2 heteroatoms. The largest absolute Gasteiger partial charge is 0.404 e. The Labute approximate surface area is 109 Å². The minimum absolute atomic E-state index is 0.0605. The summed E-state index contributed by atoms with van der Waals surface area (Å²) in [7, 11) is -1.49. The number of unbranched alkanes of at least 4 members (excludes halogenated alkanes) is 4. The van der Waals surface area contributed by atoms with E-state index in [4.69, 9.17) is 4.43 Å². The number of rotatable bonds is 8. The number of hydrogen-bond donors (Lipinski definition) is 0. The van der Waals surface area contributed by atoms with Gasteiger partial charge in [0.15, 0.2) is 8.32 Å². The van der Waals surface area contributed by atoms with Gasteiger partial charge in [0.1, 0.15) is 6.10 Å². The molecule has 0 N–H and O–H groups in total. The summed E-state index contributed by atoms with van der Waals surface area (Å²) >= 11 is 0. The maximum absolute atomic E-state index is 6.00. The maximum Gasteiger partial charge on any atom is 0.185 e. The van der Waals surface area contributed by atoms with E-state index in [1.807, 2.05) is 6.08 Å². The molecular weight excluding hydrogens is 224 g/mol. The topological polar surface area (TPSA) is 9.23 Å². The molecule has 0 amide bonds. The van der Waals surface area contributed by atoms with Gasteiger partial charge in [-0.2, -0.15) is 0 Å². The Balaban J connectivity index is 3.98. The zero-order chi connectivity index (χ0) is 13.1. The van der Waals surface area contributed by atoms with E-state index >= 15 is 0 Å². The molecule has 0 aliphatic heterocycles. The molecule has 0 aromatic rings. The summed E-state index contributed by atoms with van der Waals surface area (Å²) in [5.74, 6) is 6.50. The van der Waals surface area contributed by atoms with E-state index in [1.165, 1.54) is 25.7 Å². The lowest BCUT2D eigenvalue weighted by molar-refractivity contribution is 0.255. The molecule has 0 radical (unpaired) electrons. The van der Waals surface area contributed by atoms with Crippen LogP contribution in [0.3, 0.4) is 0 Å². The molecule has 0 saturated heterocycles. The highest BCUT2D eigenvalue weighted by Crippen LogP contribution is 2.10. The standard InChI is InChI=1S/C15H28OSi/c1-6-8-9-10-11-12-14-15(13-7-2)16-17(3,4)5/h7,15H,2,6,8-11,13H2,1,3-5H3. The molecule has 17 heavy (non-hydrogen) atoms. The minimum Gasteiger partial charge on any atom is -0.404 e. The van der Waals surface area contributed by atoms with Crippen LogP contribution in [0, 0.1) is 11.8 Å². The molecular formula is C15H28OSi. The molecule has 0 fully saturated rings. The van der Waals surface area contributed by atoms with Crippen molar-refractivity contribution in [1.29, 1.82) is 0 Å². The molecule has 0 heterocycles. The van der Waals surface area contributed by atoms with Crippen molar-refractivity contribution >= 4 is 8.32 Å². The fraction of sp³-hybridized carbons (Fsp3) is 0.733. The highest BCUT2D eigenvalue weighted by atomic mass is 28.4. The van der Waals surface area contributed by atoms with Gasteiger partial charge in [0, 0.05) is 12.8 Å². The van der Waals surface area contributed by atoms with E-state index < -0.39 is 8.32 Å². The first-order valence-electron chi connectivity index (χ1n) is 6.76. The first kappa shape index (κ1) is 16.5. The lowest BCUT2D eigenvalue weighted by Gasteiger charge is -2.21. The van der Waals surface area contributed by atoms with Crippen molar-refractivity contribution in [3.8, 4) is 11.8 Å². The van der Waals surface area contributed by atoms with Crippen LogP contribution in [0.5, 0.6) is 0 Å². The Kier molecular flexibility index (Phi) is 9.21. The van der Waals surface area contributed by atoms with Crippen LogP contribution in [-0.2, 0) is 4.43 Å². The molecule has 1 unspecified atom stereocenters. The van der Waals surface area contributed by atoms with Crippen LogP contribution in [-0.4, -0.2) is 14.4 Å². The maximum atomic E-state index is 6.00. The van der Waals surface area contributed by atoms with Gasteiger partial charge < -0.3 is 4.43 Å². The fourth-order valence-corrected chi connectivity index (χ4v) is 2.55. The van der Waals surface area contributed by atoms with E-state index in [2.05, 4.69) is 45.0 Å². The van der Waals surface area contributed by atoms with E-state index in [1.54, 1.807) is 0 Å². The molecule has 0 aromatic carbocycles. The van der Waals surface area contributed by atoms with E-state index in [0.717, 1.165) is 12.8 Å². The summed E-state index contributed by atoms with van der Waals surface area (Å²) in [6, 6.07) is 0. The quantitative estimate of drug-likeness (QED) is 0.262. The second kappa shape index (κ2) is 9.50. The van der Waals surface area contributed by atoms with Gasteiger partial charge in [-0.15, -0.1) is 12.5 Å². The van der Waals surface area contributed by atoms with E-state index in [9.17, 15) is 0 Å². The first-order valence-corrected chi connectivity index (χ1v) is 10.2. The molecule has 0 aliphatic carbocycles. The van der Waals surface area contributed by atoms with Gasteiger partial charge in [-0.05, 0) is 26.1 Å². The summed E-state index contributed by atoms with van der Waals surface area (Å²) < 4.78 is 6.00. The molecule has 98 valence electrons. The van der Waals surface area contributed by atoms with Crippen LogP contribution >= 0.6 is 0 Å². The molecule has 0 aromatic heterocycles. The van der Waals surface area contributed by atoms with Crippen molar-refractivity contribution in [1.82, 2.24) is 0 Å². The van der Waals surface area contributed by atoms with Gasteiger partial charge in [0.2, 0.25) is 0 Å². The van der Waals surface area contributed by atoms with Gasteiger partial charge >= 0.3 is 0 Å². The van der Waals surface area contributed by atoms with Gasteiger partial charge in [-0.25, -0.2) is 0 Å². The average Bonchev–Trinajstić information content (AvgIpc) is 2.21. The van der Waals surface area contributed by atoms with Gasteiger partial charge in [0.25, 0.3) is 0 Å². The highest BCUT2D eigenvalue weighted by molar-refractivity contribution is 6.69. The van der Waals surface area contributed by atoms with Crippen molar-refractivity contribution in [3.63, 3.8) is 0 Å². The minimum atomic E-state index is -1.49. The summed E-state index contributed by atoms with van der Waals surface area (Å²) in [6.45, 7) is 12.6. The van der Waals surface area contributed by atoms with Crippen molar-refractivity contribution < 1.29 is 4.43 Å². The van der Waals surface area contributed by atoms with Crippen LogP contribution in [0.15, 0.2) is 12.7 Å². The summed E-state index contributed by atoms with van der Waals surface area (Å²) in [6.07, 6.45) is 8.92. The Morgan fingerprint density at radius 1 is 1.24 bits per heavy atom. The fourth-order valence-electron chi connectivity index (χ4n) is 1.54. The second-order valence-corrected chi connectivity index (χ2v) is 9.84. The predicted molar refractivity (Wildman–Crippen MR) is 79.6 cm³/mol. The second-order valence-electron chi connectivity index (χ2n) is 5.38. The first-order chi connectivity index (χ1) is 7.99. The Hall–Kier alpha value is -0.523. The molecule has 1 atom stereocenters. The zero-order valence-electron chi connectivity index (χ0n) is 12.0. The van der Waals surface area contributed by atoms with Crippen molar-refractivity contribution in [2.24, 2.45) is 0 Å². The summed E-state index contributed by atoms with van der Waals surface area (Å²) in [5.41, 5.74) is 0. The molecule has 0 spiro atoms. The lowest BCUT2D eigenvalue weighted by Crippen LogP contribution is -2.31. The van der Waals surface area contributed by atoms with Crippen molar-refractivity contribution in [2.45, 2.75) is 71.2 Å². The van der Waals surface area contributed by atoms with Crippen molar-refractivity contribution in [2.75, 3.05) is 0 Å². The molecule has 0 bridgehead atoms. The smallest absolute Gasteiger partial charge is 0.185 e. The van der Waals surface area contributed by atoms with Crippen LogP contribution in [0.2, 0.25) is 19.6 Å². The Morgan fingerprint density at radius 2 is 1.94 bits per heavy atom. The number of hydrogen-bond acceptors (Lipinski definition) is 1. The van der Waals surface area contributed by atoms with Crippen molar-refractivity contribution in [3.05, 3.63) is 12.7 Å². The summed E-state index contributed by atoms with van der Waals surface area (Å²) in [4.78, 5) is 0. The lowest BCUT2D eigenvalue weighted by atomic mass is 10.1. The molecule has 0 saturated carbocycles. The van der Waals surface area contributed by atoms with Gasteiger partial charge in [-0.1, -0.05) is 38.2 Å². The average molecular weight is 252 g/mol. The monoisotopic (exact) mass is 252 g/mol. The van der Waals surface area contributed by atoms with Crippen LogP contribution in [0.25, 0.3) is 0 Å². The van der Waals surface area contributed by atoms with Crippen LogP contribution < -0.4 is 0 Å². The van der Waals surface area contributed by atoms with E-state index in [-0.39, 0.29) is 6.10 Å². The molecule has 0 rings (SSSR count). The highest BCUT2D eigenvalue weighted by Gasteiger charge is 2.18.